The number of unbranched alkanes of at least 4 members (excludes halogenated alkanes) is 5. The lowest BCUT2D eigenvalue weighted by atomic mass is 9.87. The molecule has 1 saturated heterocycles. The summed E-state index contributed by atoms with van der Waals surface area (Å²) in [5, 5.41) is 18.8. The summed E-state index contributed by atoms with van der Waals surface area (Å²) in [5.74, 6) is -0.560. The molecular weight excluding hydrogens is 268 g/mol. The number of rotatable bonds is 10. The van der Waals surface area contributed by atoms with Crippen LogP contribution in [0.3, 0.4) is 0 Å². The molecule has 0 spiro atoms. The first kappa shape index (κ1) is 18.9. The lowest BCUT2D eigenvalue weighted by Gasteiger charge is -2.45. The van der Waals surface area contributed by atoms with Crippen molar-refractivity contribution in [2.45, 2.75) is 90.1 Å². The molecule has 0 unspecified atom stereocenters. The number of ether oxygens (including phenoxy) is 2. The van der Waals surface area contributed by atoms with Gasteiger partial charge in [-0.3, -0.25) is 0 Å². The predicted octanol–water partition coefficient (Wildman–Crippen LogP) is 3.25. The summed E-state index contributed by atoms with van der Waals surface area (Å²) in [6.07, 6.45) is 9.03. The second kappa shape index (κ2) is 9.78. The third-order valence-electron chi connectivity index (χ3n) is 4.31. The van der Waals surface area contributed by atoms with Crippen LogP contribution in [0.4, 0.5) is 0 Å². The Balaban J connectivity index is 2.45. The molecule has 1 heterocycles. The Morgan fingerprint density at radius 2 is 1.48 bits per heavy atom. The average Bonchev–Trinajstić information content (AvgIpc) is 2.44. The summed E-state index contributed by atoms with van der Waals surface area (Å²) in [4.78, 5) is 0. The van der Waals surface area contributed by atoms with E-state index in [2.05, 4.69) is 6.92 Å². The van der Waals surface area contributed by atoms with E-state index >= 15 is 0 Å². The van der Waals surface area contributed by atoms with Crippen LogP contribution >= 0.6 is 0 Å². The topological polar surface area (TPSA) is 58.9 Å². The molecule has 1 aliphatic heterocycles. The quantitative estimate of drug-likeness (QED) is 0.608. The minimum Gasteiger partial charge on any atom is -0.396 e. The van der Waals surface area contributed by atoms with E-state index in [1.807, 2.05) is 13.8 Å². The highest BCUT2D eigenvalue weighted by Crippen LogP contribution is 2.35. The van der Waals surface area contributed by atoms with Crippen LogP contribution in [0.2, 0.25) is 0 Å². The second-order valence-corrected chi connectivity index (χ2v) is 6.63. The first-order valence-electron chi connectivity index (χ1n) is 8.61. The standard InChI is InChI=1S/C17H34O4/c1-4-5-6-7-8-9-10-15-14(11-12-18)16(13-19)21-17(2,3)20-15/h14-16,18-19H,4-13H2,1-3H3/t14-,15-,16+/m1/s1. The van der Waals surface area contributed by atoms with Gasteiger partial charge in [0.25, 0.3) is 0 Å². The van der Waals surface area contributed by atoms with Crippen molar-refractivity contribution in [3.8, 4) is 0 Å². The molecule has 1 rings (SSSR count). The Hall–Kier alpha value is -0.160. The minimum atomic E-state index is -0.647. The SMILES string of the molecule is CCCCCCCC[C@H]1OC(C)(C)O[C@@H](CO)[C@@H]1CCO. The Labute approximate surface area is 129 Å². The summed E-state index contributed by atoms with van der Waals surface area (Å²) < 4.78 is 11.8. The van der Waals surface area contributed by atoms with Crippen LogP contribution < -0.4 is 0 Å². The molecule has 0 aromatic rings. The van der Waals surface area contributed by atoms with Crippen molar-refractivity contribution in [1.29, 1.82) is 0 Å². The molecule has 21 heavy (non-hydrogen) atoms. The van der Waals surface area contributed by atoms with Crippen LogP contribution in [-0.2, 0) is 9.47 Å². The molecule has 0 aliphatic carbocycles. The van der Waals surface area contributed by atoms with Crippen molar-refractivity contribution in [3.63, 3.8) is 0 Å². The zero-order chi connectivity index (χ0) is 15.7. The zero-order valence-electron chi connectivity index (χ0n) is 14.0. The molecule has 2 N–H and O–H groups in total. The van der Waals surface area contributed by atoms with E-state index in [4.69, 9.17) is 9.47 Å². The smallest absolute Gasteiger partial charge is 0.163 e. The van der Waals surface area contributed by atoms with E-state index < -0.39 is 5.79 Å². The van der Waals surface area contributed by atoms with Gasteiger partial charge < -0.3 is 19.7 Å². The summed E-state index contributed by atoms with van der Waals surface area (Å²) >= 11 is 0. The number of hydrogen-bond acceptors (Lipinski definition) is 4. The molecule has 126 valence electrons. The molecule has 1 fully saturated rings. The van der Waals surface area contributed by atoms with Gasteiger partial charge >= 0.3 is 0 Å². The maximum atomic E-state index is 9.54. The average molecular weight is 302 g/mol. The van der Waals surface area contributed by atoms with Crippen LogP contribution in [0.25, 0.3) is 0 Å². The lowest BCUT2D eigenvalue weighted by Crippen LogP contribution is -2.52. The summed E-state index contributed by atoms with van der Waals surface area (Å²) in [5.41, 5.74) is 0. The Morgan fingerprint density at radius 1 is 0.857 bits per heavy atom. The molecule has 0 radical (unpaired) electrons. The van der Waals surface area contributed by atoms with Crippen molar-refractivity contribution in [1.82, 2.24) is 0 Å². The van der Waals surface area contributed by atoms with Gasteiger partial charge in [-0.15, -0.1) is 0 Å². The van der Waals surface area contributed by atoms with E-state index in [-0.39, 0.29) is 31.3 Å². The molecule has 0 aromatic carbocycles. The predicted molar refractivity (Wildman–Crippen MR) is 84.1 cm³/mol. The summed E-state index contributed by atoms with van der Waals surface area (Å²) in [6.45, 7) is 6.14. The van der Waals surface area contributed by atoms with Gasteiger partial charge in [-0.25, -0.2) is 0 Å². The molecule has 4 nitrogen and oxygen atoms in total. The monoisotopic (exact) mass is 302 g/mol. The first-order chi connectivity index (χ1) is 10.0. The molecule has 0 saturated carbocycles. The minimum absolute atomic E-state index is 0.00947. The first-order valence-corrected chi connectivity index (χ1v) is 8.61. The normalized spacial score (nSPS) is 28.7. The van der Waals surface area contributed by atoms with Crippen molar-refractivity contribution >= 4 is 0 Å². The van der Waals surface area contributed by atoms with Gasteiger partial charge in [0.15, 0.2) is 5.79 Å². The van der Waals surface area contributed by atoms with E-state index in [0.29, 0.717) is 6.42 Å². The molecule has 3 atom stereocenters. The lowest BCUT2D eigenvalue weighted by molar-refractivity contribution is -0.327. The van der Waals surface area contributed by atoms with Gasteiger partial charge in [0, 0.05) is 12.5 Å². The van der Waals surface area contributed by atoms with Gasteiger partial charge in [0.2, 0.25) is 0 Å². The molecule has 4 heteroatoms. The van der Waals surface area contributed by atoms with Gasteiger partial charge in [-0.05, 0) is 26.7 Å². The van der Waals surface area contributed by atoms with Gasteiger partial charge in [-0.1, -0.05) is 45.4 Å². The summed E-state index contributed by atoms with van der Waals surface area (Å²) in [6, 6.07) is 0. The van der Waals surface area contributed by atoms with E-state index in [0.717, 1.165) is 12.8 Å². The maximum Gasteiger partial charge on any atom is 0.163 e. The fourth-order valence-corrected chi connectivity index (χ4v) is 3.26. The Kier molecular flexibility index (Phi) is 8.79. The van der Waals surface area contributed by atoms with Crippen LogP contribution in [0.5, 0.6) is 0 Å². The molecule has 0 amide bonds. The number of aliphatic hydroxyl groups excluding tert-OH is 2. The third kappa shape index (κ3) is 6.64. The van der Waals surface area contributed by atoms with E-state index in [1.54, 1.807) is 0 Å². The van der Waals surface area contributed by atoms with Crippen LogP contribution in [0.15, 0.2) is 0 Å². The van der Waals surface area contributed by atoms with Crippen LogP contribution in [0, 0.1) is 5.92 Å². The number of hydrogen-bond donors (Lipinski definition) is 2. The highest BCUT2D eigenvalue weighted by molar-refractivity contribution is 4.85. The van der Waals surface area contributed by atoms with Crippen molar-refractivity contribution < 1.29 is 19.7 Å². The van der Waals surface area contributed by atoms with Crippen molar-refractivity contribution in [2.24, 2.45) is 5.92 Å². The van der Waals surface area contributed by atoms with Crippen molar-refractivity contribution in [3.05, 3.63) is 0 Å². The van der Waals surface area contributed by atoms with Crippen LogP contribution in [0.1, 0.15) is 72.1 Å². The fourth-order valence-electron chi connectivity index (χ4n) is 3.26. The number of aliphatic hydroxyl groups is 2. The third-order valence-corrected chi connectivity index (χ3v) is 4.31. The Bertz CT molecular complexity index is 268. The maximum absolute atomic E-state index is 9.54. The second-order valence-electron chi connectivity index (χ2n) is 6.63. The molecular formula is C17H34O4. The molecule has 0 aromatic heterocycles. The van der Waals surface area contributed by atoms with Gasteiger partial charge in [0.1, 0.15) is 0 Å². The largest absolute Gasteiger partial charge is 0.396 e. The summed E-state index contributed by atoms with van der Waals surface area (Å²) in [7, 11) is 0. The van der Waals surface area contributed by atoms with E-state index in [9.17, 15) is 10.2 Å². The van der Waals surface area contributed by atoms with Crippen LogP contribution in [-0.4, -0.2) is 41.4 Å². The van der Waals surface area contributed by atoms with Gasteiger partial charge in [-0.2, -0.15) is 0 Å². The van der Waals surface area contributed by atoms with Crippen molar-refractivity contribution in [2.75, 3.05) is 13.2 Å². The Morgan fingerprint density at radius 3 is 2.10 bits per heavy atom. The molecule has 1 aliphatic rings. The molecule has 0 bridgehead atoms. The highest BCUT2D eigenvalue weighted by Gasteiger charge is 2.42. The van der Waals surface area contributed by atoms with E-state index in [1.165, 1.54) is 32.1 Å². The van der Waals surface area contributed by atoms with Gasteiger partial charge in [0.05, 0.1) is 18.8 Å². The fraction of sp³-hybridized carbons (Fsp3) is 1.00. The highest BCUT2D eigenvalue weighted by atomic mass is 16.7. The zero-order valence-corrected chi connectivity index (χ0v) is 14.0.